The van der Waals surface area contributed by atoms with Crippen molar-refractivity contribution in [1.82, 2.24) is 39.5 Å². The number of carboxylic acids is 1. The maximum Gasteiger partial charge on any atom is 0.415 e. The van der Waals surface area contributed by atoms with Gasteiger partial charge in [0.2, 0.25) is 0 Å². The van der Waals surface area contributed by atoms with Gasteiger partial charge < -0.3 is 31.4 Å². The fraction of sp³-hybridized carbons (Fsp3) is 0.320. The first-order chi connectivity index (χ1) is 20.3. The fourth-order valence-electron chi connectivity index (χ4n) is 3.27. The monoisotopic (exact) mass is 596 g/mol. The fourth-order valence-corrected chi connectivity index (χ4v) is 3.27. The molecule has 6 N–H and O–H groups in total. The van der Waals surface area contributed by atoms with E-state index in [4.69, 9.17) is 26.0 Å². The van der Waals surface area contributed by atoms with E-state index in [9.17, 15) is 14.4 Å². The van der Waals surface area contributed by atoms with Crippen molar-refractivity contribution in [2.75, 3.05) is 42.4 Å². The van der Waals surface area contributed by atoms with E-state index in [0.717, 1.165) is 0 Å². The minimum atomic E-state index is -1.13. The SMILES string of the molecule is CCOC(=O)c1cnn(-c2cc(N(C)C(=O)OC(C)(C)C)ncn2)c1N.CNc1cc(-n2ncc(C(=O)O)c2N)ncn1. The van der Waals surface area contributed by atoms with Gasteiger partial charge in [-0.1, -0.05) is 0 Å². The summed E-state index contributed by atoms with van der Waals surface area (Å²) in [4.78, 5) is 52.1. The molecule has 4 aromatic rings. The van der Waals surface area contributed by atoms with Gasteiger partial charge in [-0.15, -0.1) is 0 Å². The highest BCUT2D eigenvalue weighted by Crippen LogP contribution is 2.20. The summed E-state index contributed by atoms with van der Waals surface area (Å²) in [7, 11) is 3.23. The van der Waals surface area contributed by atoms with E-state index in [1.54, 1.807) is 40.8 Å². The largest absolute Gasteiger partial charge is 0.477 e. The van der Waals surface area contributed by atoms with Crippen LogP contribution in [0.15, 0.2) is 37.2 Å². The number of aromatic carboxylic acids is 1. The third-order valence-corrected chi connectivity index (χ3v) is 5.33. The second-order valence-corrected chi connectivity index (χ2v) is 9.52. The number of hydrogen-bond donors (Lipinski definition) is 4. The number of ether oxygens (including phenoxy) is 2. The molecule has 4 aromatic heterocycles. The van der Waals surface area contributed by atoms with Crippen LogP contribution in [0.1, 0.15) is 48.4 Å². The highest BCUT2D eigenvalue weighted by molar-refractivity contribution is 5.94. The lowest BCUT2D eigenvalue weighted by Gasteiger charge is -2.24. The van der Waals surface area contributed by atoms with Gasteiger partial charge in [0.15, 0.2) is 11.6 Å². The Morgan fingerprint density at radius 2 is 1.51 bits per heavy atom. The Balaban J connectivity index is 0.000000257. The number of nitrogens with two attached hydrogens (primary N) is 2. The molecule has 4 heterocycles. The summed E-state index contributed by atoms with van der Waals surface area (Å²) < 4.78 is 12.7. The lowest BCUT2D eigenvalue weighted by molar-refractivity contribution is 0.0525. The highest BCUT2D eigenvalue weighted by atomic mass is 16.6. The number of nitrogens with zero attached hydrogens (tertiary/aromatic N) is 9. The number of amides is 1. The molecule has 0 unspecified atom stereocenters. The summed E-state index contributed by atoms with van der Waals surface area (Å²) in [5.74, 6) is -0.0364. The van der Waals surface area contributed by atoms with Crippen LogP contribution in [0, 0.1) is 0 Å². The third-order valence-electron chi connectivity index (χ3n) is 5.33. The molecule has 0 fully saturated rings. The molecule has 18 heteroatoms. The highest BCUT2D eigenvalue weighted by Gasteiger charge is 2.23. The van der Waals surface area contributed by atoms with Gasteiger partial charge in [-0.25, -0.2) is 34.3 Å². The number of anilines is 4. The van der Waals surface area contributed by atoms with Crippen molar-refractivity contribution < 1.29 is 29.0 Å². The van der Waals surface area contributed by atoms with Crippen LogP contribution in [-0.4, -0.2) is 88.9 Å². The Labute approximate surface area is 245 Å². The number of esters is 1. The standard InChI is InChI=1S/C16H22N6O4.C9H10N6O2/c1-6-25-14(23)10-8-20-22(13(10)17)12-7-11(18-9-19-12)21(5)15(24)26-16(2,3)4;1-11-6-2-7(13-4-12-6)15-8(10)5(3-14-15)9(16)17/h7-9H,6,17H2,1-5H3;2-4H,10H2,1H3,(H,16,17)(H,11,12,13). The number of nitrogens with one attached hydrogen (secondary N) is 1. The Morgan fingerprint density at radius 1 is 0.953 bits per heavy atom. The van der Waals surface area contributed by atoms with Gasteiger partial charge in [0.25, 0.3) is 0 Å². The van der Waals surface area contributed by atoms with E-state index in [1.165, 1.54) is 52.4 Å². The molecule has 0 atom stereocenters. The van der Waals surface area contributed by atoms with Crippen molar-refractivity contribution in [2.24, 2.45) is 0 Å². The Morgan fingerprint density at radius 3 is 2.05 bits per heavy atom. The molecule has 228 valence electrons. The van der Waals surface area contributed by atoms with Crippen LogP contribution in [0.25, 0.3) is 11.6 Å². The van der Waals surface area contributed by atoms with Crippen molar-refractivity contribution in [2.45, 2.75) is 33.3 Å². The molecule has 1 amide bonds. The van der Waals surface area contributed by atoms with Crippen LogP contribution in [0.2, 0.25) is 0 Å². The van der Waals surface area contributed by atoms with Crippen LogP contribution in [-0.2, 0) is 9.47 Å². The number of nitrogen functional groups attached to an aromatic ring is 2. The maximum absolute atomic E-state index is 12.2. The van der Waals surface area contributed by atoms with Gasteiger partial charge in [-0.05, 0) is 27.7 Å². The van der Waals surface area contributed by atoms with Crippen LogP contribution in [0.4, 0.5) is 28.1 Å². The van der Waals surface area contributed by atoms with Crippen LogP contribution >= 0.6 is 0 Å². The Hall–Kier alpha value is -5.81. The van der Waals surface area contributed by atoms with Crippen LogP contribution in [0.5, 0.6) is 0 Å². The third kappa shape index (κ3) is 7.69. The summed E-state index contributed by atoms with van der Waals surface area (Å²) in [6.07, 6.45) is 4.51. The average molecular weight is 597 g/mol. The summed E-state index contributed by atoms with van der Waals surface area (Å²) in [5.41, 5.74) is 11.1. The molecule has 18 nitrogen and oxygen atoms in total. The van der Waals surface area contributed by atoms with Crippen molar-refractivity contribution in [3.8, 4) is 11.6 Å². The zero-order chi connectivity index (χ0) is 31.9. The zero-order valence-electron chi connectivity index (χ0n) is 24.3. The minimum Gasteiger partial charge on any atom is -0.477 e. The van der Waals surface area contributed by atoms with Crippen molar-refractivity contribution in [3.05, 3.63) is 48.3 Å². The number of carboxylic acid groups (broad SMARTS) is 1. The number of hydrogen-bond acceptors (Lipinski definition) is 14. The van der Waals surface area contributed by atoms with Crippen LogP contribution in [0.3, 0.4) is 0 Å². The van der Waals surface area contributed by atoms with Gasteiger partial charge in [0.1, 0.15) is 52.7 Å². The molecule has 0 aromatic carbocycles. The molecule has 4 rings (SSSR count). The second-order valence-electron chi connectivity index (χ2n) is 9.52. The molecule has 0 spiro atoms. The average Bonchev–Trinajstić information content (AvgIpc) is 3.54. The normalized spacial score (nSPS) is 10.7. The van der Waals surface area contributed by atoms with Gasteiger partial charge >= 0.3 is 18.0 Å². The molecule has 0 saturated carbocycles. The predicted octanol–water partition coefficient (Wildman–Crippen LogP) is 1.78. The van der Waals surface area contributed by atoms with Gasteiger partial charge in [0, 0.05) is 26.2 Å². The first-order valence-corrected chi connectivity index (χ1v) is 12.6. The molecule has 43 heavy (non-hydrogen) atoms. The van der Waals surface area contributed by atoms with E-state index in [-0.39, 0.29) is 35.2 Å². The number of carbonyl (C=O) groups excluding carboxylic acids is 2. The van der Waals surface area contributed by atoms with Crippen molar-refractivity contribution >= 4 is 41.3 Å². The van der Waals surface area contributed by atoms with Crippen molar-refractivity contribution in [3.63, 3.8) is 0 Å². The molecular weight excluding hydrogens is 564 g/mol. The first-order valence-electron chi connectivity index (χ1n) is 12.6. The smallest absolute Gasteiger partial charge is 0.415 e. The second kappa shape index (κ2) is 13.2. The topological polar surface area (TPSA) is 244 Å². The molecule has 0 aliphatic heterocycles. The summed E-state index contributed by atoms with van der Waals surface area (Å²) in [5, 5.41) is 19.6. The Kier molecular flexibility index (Phi) is 9.76. The number of carbonyl (C=O) groups is 3. The molecule has 0 saturated heterocycles. The Bertz CT molecular complexity index is 1610. The maximum atomic E-state index is 12.2. The summed E-state index contributed by atoms with van der Waals surface area (Å²) in [6.45, 7) is 7.23. The first kappa shape index (κ1) is 31.7. The van der Waals surface area contributed by atoms with Gasteiger partial charge in [-0.3, -0.25) is 4.90 Å². The molecule has 0 radical (unpaired) electrons. The molecule has 0 aliphatic carbocycles. The van der Waals surface area contributed by atoms with E-state index in [0.29, 0.717) is 17.5 Å². The predicted molar refractivity (Wildman–Crippen MR) is 154 cm³/mol. The van der Waals surface area contributed by atoms with Gasteiger partial charge in [0.05, 0.1) is 19.0 Å². The lowest BCUT2D eigenvalue weighted by atomic mass is 10.2. The number of aromatic nitrogens is 8. The van der Waals surface area contributed by atoms with E-state index >= 15 is 0 Å². The van der Waals surface area contributed by atoms with E-state index in [2.05, 4.69) is 35.5 Å². The lowest BCUT2D eigenvalue weighted by Crippen LogP contribution is -2.34. The molecule has 0 bridgehead atoms. The van der Waals surface area contributed by atoms with Gasteiger partial charge in [-0.2, -0.15) is 19.6 Å². The summed E-state index contributed by atoms with van der Waals surface area (Å²) >= 11 is 0. The molecular formula is C25H32N12O6. The molecule has 0 aliphatic rings. The van der Waals surface area contributed by atoms with Crippen molar-refractivity contribution in [1.29, 1.82) is 0 Å². The van der Waals surface area contributed by atoms with E-state index in [1.807, 2.05) is 0 Å². The summed E-state index contributed by atoms with van der Waals surface area (Å²) in [6, 6.07) is 3.11. The van der Waals surface area contributed by atoms with E-state index < -0.39 is 23.6 Å². The van der Waals surface area contributed by atoms with Crippen LogP contribution < -0.4 is 21.7 Å². The number of rotatable bonds is 7. The zero-order valence-corrected chi connectivity index (χ0v) is 24.3. The quantitative estimate of drug-likeness (QED) is 0.222. The minimum absolute atomic E-state index is 0.0262.